The van der Waals surface area contributed by atoms with Gasteiger partial charge in [-0.05, 0) is 43.2 Å². The average molecular weight is 352 g/mol. The van der Waals surface area contributed by atoms with E-state index in [1.54, 1.807) is 24.3 Å². The predicted octanol–water partition coefficient (Wildman–Crippen LogP) is 2.64. The van der Waals surface area contributed by atoms with Crippen LogP contribution in [0.4, 0.5) is 5.69 Å². The quantitative estimate of drug-likeness (QED) is 0.614. The number of hydrogen-bond acceptors (Lipinski definition) is 4. The highest BCUT2D eigenvalue weighted by atomic mass is 16.5. The van der Waals surface area contributed by atoms with Crippen LogP contribution in [0.25, 0.3) is 0 Å². The number of aryl methyl sites for hydroxylation is 1. The lowest BCUT2D eigenvalue weighted by molar-refractivity contribution is -0.120. The highest BCUT2D eigenvalue weighted by molar-refractivity contribution is 6.21. The molecule has 0 atom stereocenters. The highest BCUT2D eigenvalue weighted by Crippen LogP contribution is 2.22. The first kappa shape index (κ1) is 17.8. The van der Waals surface area contributed by atoms with E-state index in [1.165, 1.54) is 4.90 Å². The molecule has 0 unspecified atom stereocenters. The molecule has 1 heterocycles. The number of fused-ring (bicyclic) bond motifs is 1. The van der Waals surface area contributed by atoms with E-state index >= 15 is 0 Å². The average Bonchev–Trinajstić information content (AvgIpc) is 2.86. The molecule has 0 aliphatic carbocycles. The molecule has 6 nitrogen and oxygen atoms in total. The van der Waals surface area contributed by atoms with Gasteiger partial charge in [0, 0.05) is 18.8 Å². The Morgan fingerprint density at radius 3 is 2.38 bits per heavy atom. The molecule has 0 aromatic heterocycles. The van der Waals surface area contributed by atoms with E-state index in [4.69, 9.17) is 4.74 Å². The molecule has 0 bridgehead atoms. The highest BCUT2D eigenvalue weighted by Gasteiger charge is 2.34. The number of ether oxygens (including phenoxy) is 1. The van der Waals surface area contributed by atoms with Crippen molar-refractivity contribution in [3.8, 4) is 0 Å². The molecule has 0 saturated heterocycles. The molecular weight excluding hydrogens is 332 g/mol. The summed E-state index contributed by atoms with van der Waals surface area (Å²) in [4.78, 5) is 37.5. The van der Waals surface area contributed by atoms with Crippen LogP contribution in [-0.2, 0) is 9.53 Å². The van der Waals surface area contributed by atoms with Crippen molar-refractivity contribution in [1.82, 2.24) is 4.90 Å². The van der Waals surface area contributed by atoms with Crippen LogP contribution in [0, 0.1) is 6.92 Å². The van der Waals surface area contributed by atoms with Crippen molar-refractivity contribution in [1.29, 1.82) is 0 Å². The summed E-state index contributed by atoms with van der Waals surface area (Å²) in [6, 6.07) is 14.3. The number of rotatable bonds is 7. The SMILES string of the molecule is Cc1cccc(NC(=O)COCCCN2C(=O)c3ccccc3C2=O)c1. The van der Waals surface area contributed by atoms with E-state index in [0.717, 1.165) is 11.3 Å². The van der Waals surface area contributed by atoms with E-state index in [0.29, 0.717) is 17.5 Å². The van der Waals surface area contributed by atoms with Gasteiger partial charge >= 0.3 is 0 Å². The molecule has 3 rings (SSSR count). The van der Waals surface area contributed by atoms with Gasteiger partial charge in [-0.2, -0.15) is 0 Å². The minimum atomic E-state index is -0.275. The number of imide groups is 1. The Kier molecular flexibility index (Phi) is 5.43. The van der Waals surface area contributed by atoms with Crippen molar-refractivity contribution in [2.24, 2.45) is 0 Å². The molecule has 134 valence electrons. The van der Waals surface area contributed by atoms with Gasteiger partial charge in [-0.25, -0.2) is 0 Å². The molecule has 2 aromatic carbocycles. The number of carbonyl (C=O) groups is 3. The Labute approximate surface area is 151 Å². The van der Waals surface area contributed by atoms with Gasteiger partial charge in [0.1, 0.15) is 6.61 Å². The number of anilines is 1. The lowest BCUT2D eigenvalue weighted by Gasteiger charge is -2.13. The van der Waals surface area contributed by atoms with Crippen LogP contribution in [0.5, 0.6) is 0 Å². The van der Waals surface area contributed by atoms with Crippen LogP contribution in [0.3, 0.4) is 0 Å². The van der Waals surface area contributed by atoms with Crippen molar-refractivity contribution in [2.75, 3.05) is 25.1 Å². The third kappa shape index (κ3) is 3.97. The van der Waals surface area contributed by atoms with Crippen molar-refractivity contribution in [3.63, 3.8) is 0 Å². The zero-order chi connectivity index (χ0) is 18.5. The van der Waals surface area contributed by atoms with Crippen molar-refractivity contribution < 1.29 is 19.1 Å². The summed E-state index contributed by atoms with van der Waals surface area (Å²) in [6.07, 6.45) is 0.475. The first-order valence-corrected chi connectivity index (χ1v) is 8.46. The third-order valence-corrected chi connectivity index (χ3v) is 4.08. The Hall–Kier alpha value is -2.99. The van der Waals surface area contributed by atoms with Gasteiger partial charge in [-0.3, -0.25) is 19.3 Å². The molecule has 0 saturated carbocycles. The Morgan fingerprint density at radius 2 is 1.73 bits per heavy atom. The molecule has 1 aliphatic heterocycles. The van der Waals surface area contributed by atoms with Gasteiger partial charge in [0.15, 0.2) is 0 Å². The van der Waals surface area contributed by atoms with E-state index in [1.807, 2.05) is 31.2 Å². The lowest BCUT2D eigenvalue weighted by atomic mass is 10.1. The van der Waals surface area contributed by atoms with Crippen molar-refractivity contribution in [2.45, 2.75) is 13.3 Å². The number of benzene rings is 2. The predicted molar refractivity (Wildman–Crippen MR) is 97.1 cm³/mol. The number of carbonyl (C=O) groups excluding carboxylic acids is 3. The second-order valence-corrected chi connectivity index (χ2v) is 6.13. The molecule has 0 spiro atoms. The largest absolute Gasteiger partial charge is 0.372 e. The van der Waals surface area contributed by atoms with Gasteiger partial charge in [-0.15, -0.1) is 0 Å². The van der Waals surface area contributed by atoms with Crippen molar-refractivity contribution in [3.05, 3.63) is 65.2 Å². The first-order valence-electron chi connectivity index (χ1n) is 8.46. The maximum atomic E-state index is 12.2. The van der Waals surface area contributed by atoms with Gasteiger partial charge in [0.2, 0.25) is 5.91 Å². The van der Waals surface area contributed by atoms with Gasteiger partial charge in [0.05, 0.1) is 11.1 Å². The normalized spacial score (nSPS) is 13.0. The van der Waals surface area contributed by atoms with E-state index in [-0.39, 0.29) is 37.5 Å². The fraction of sp³-hybridized carbons (Fsp3) is 0.250. The molecule has 6 heteroatoms. The van der Waals surface area contributed by atoms with Crippen LogP contribution < -0.4 is 5.32 Å². The summed E-state index contributed by atoms with van der Waals surface area (Å²) in [5.74, 6) is -0.790. The second-order valence-electron chi connectivity index (χ2n) is 6.13. The fourth-order valence-corrected chi connectivity index (χ4v) is 2.85. The number of nitrogens with one attached hydrogen (secondary N) is 1. The minimum absolute atomic E-state index is 0.0734. The second kappa shape index (κ2) is 7.93. The topological polar surface area (TPSA) is 75.7 Å². The molecule has 0 fully saturated rings. The standard InChI is InChI=1S/C20H20N2O4/c1-14-6-4-7-15(12-14)21-18(23)13-26-11-5-10-22-19(24)16-8-2-3-9-17(16)20(22)25/h2-4,6-9,12H,5,10-11,13H2,1H3,(H,21,23). The number of nitrogens with zero attached hydrogens (tertiary/aromatic N) is 1. The monoisotopic (exact) mass is 352 g/mol. The maximum absolute atomic E-state index is 12.2. The zero-order valence-corrected chi connectivity index (χ0v) is 14.5. The smallest absolute Gasteiger partial charge is 0.261 e. The summed E-state index contributed by atoms with van der Waals surface area (Å²) in [5, 5.41) is 2.76. The van der Waals surface area contributed by atoms with Crippen LogP contribution in [-0.4, -0.2) is 42.4 Å². The van der Waals surface area contributed by atoms with Crippen molar-refractivity contribution >= 4 is 23.4 Å². The van der Waals surface area contributed by atoms with Gasteiger partial charge in [-0.1, -0.05) is 24.3 Å². The lowest BCUT2D eigenvalue weighted by Crippen LogP contribution is -2.31. The third-order valence-electron chi connectivity index (χ3n) is 4.08. The zero-order valence-electron chi connectivity index (χ0n) is 14.5. The Morgan fingerprint density at radius 1 is 1.04 bits per heavy atom. The summed E-state index contributed by atoms with van der Waals surface area (Å²) in [6.45, 7) is 2.43. The fourth-order valence-electron chi connectivity index (χ4n) is 2.85. The number of hydrogen-bond donors (Lipinski definition) is 1. The molecule has 2 aromatic rings. The summed E-state index contributed by atoms with van der Waals surface area (Å²) < 4.78 is 5.34. The van der Waals surface area contributed by atoms with Crippen LogP contribution in [0.2, 0.25) is 0 Å². The van der Waals surface area contributed by atoms with Crippen LogP contribution in [0.15, 0.2) is 48.5 Å². The molecule has 1 aliphatic rings. The minimum Gasteiger partial charge on any atom is -0.372 e. The molecule has 26 heavy (non-hydrogen) atoms. The van der Waals surface area contributed by atoms with E-state index in [2.05, 4.69) is 5.32 Å². The molecule has 1 N–H and O–H groups in total. The van der Waals surface area contributed by atoms with E-state index < -0.39 is 0 Å². The Balaban J connectivity index is 1.39. The summed E-state index contributed by atoms with van der Waals surface area (Å²) in [7, 11) is 0. The summed E-state index contributed by atoms with van der Waals surface area (Å²) in [5.41, 5.74) is 2.67. The van der Waals surface area contributed by atoms with E-state index in [9.17, 15) is 14.4 Å². The molecule has 3 amide bonds. The maximum Gasteiger partial charge on any atom is 0.261 e. The van der Waals surface area contributed by atoms with Crippen LogP contribution in [0.1, 0.15) is 32.7 Å². The first-order chi connectivity index (χ1) is 12.6. The number of amides is 3. The Bertz CT molecular complexity index is 812. The molecule has 0 radical (unpaired) electrons. The van der Waals surface area contributed by atoms with Crippen LogP contribution >= 0.6 is 0 Å². The molecular formula is C20H20N2O4. The summed E-state index contributed by atoms with van der Waals surface area (Å²) >= 11 is 0. The van der Waals surface area contributed by atoms with Gasteiger partial charge in [0.25, 0.3) is 11.8 Å². The van der Waals surface area contributed by atoms with Gasteiger partial charge < -0.3 is 10.1 Å².